The summed E-state index contributed by atoms with van der Waals surface area (Å²) in [7, 11) is 3.32. The number of aryl methyl sites for hydroxylation is 2. The van der Waals surface area contributed by atoms with E-state index in [4.69, 9.17) is 9.47 Å². The van der Waals surface area contributed by atoms with Gasteiger partial charge in [0, 0.05) is 24.0 Å². The molecule has 4 rings (SSSR count). The largest absolute Gasteiger partial charge is 0.507 e. The normalized spacial score (nSPS) is 11.0. The minimum Gasteiger partial charge on any atom is -0.507 e. The van der Waals surface area contributed by atoms with Gasteiger partial charge in [-0.3, -0.25) is 0 Å². The predicted octanol–water partition coefficient (Wildman–Crippen LogP) is 7.12. The molecule has 0 aliphatic rings. The van der Waals surface area contributed by atoms with Gasteiger partial charge in [0.25, 0.3) is 0 Å². The van der Waals surface area contributed by atoms with E-state index in [2.05, 4.69) is 26.0 Å². The molecule has 0 saturated carbocycles. The zero-order valence-corrected chi connectivity index (χ0v) is 22.6. The number of hydrogen-bond donors (Lipinski definition) is 2. The highest BCUT2D eigenvalue weighted by Gasteiger charge is 2.18. The molecule has 4 nitrogen and oxygen atoms in total. The highest BCUT2D eigenvalue weighted by atomic mass is 16.5. The number of rotatable bonds is 8. The van der Waals surface area contributed by atoms with Crippen LogP contribution in [0.25, 0.3) is 0 Å². The van der Waals surface area contributed by atoms with Crippen molar-refractivity contribution in [1.29, 1.82) is 0 Å². The quantitative estimate of drug-likeness (QED) is 0.273. The second kappa shape index (κ2) is 11.0. The molecule has 0 atom stereocenters. The van der Waals surface area contributed by atoms with Crippen molar-refractivity contribution in [3.05, 3.63) is 116 Å². The molecule has 192 valence electrons. The smallest absolute Gasteiger partial charge is 0.122 e. The number of ether oxygens (including phenoxy) is 2. The van der Waals surface area contributed by atoms with Crippen molar-refractivity contribution >= 4 is 0 Å². The van der Waals surface area contributed by atoms with Crippen LogP contribution in [0.4, 0.5) is 0 Å². The number of benzene rings is 4. The van der Waals surface area contributed by atoms with Gasteiger partial charge >= 0.3 is 0 Å². The van der Waals surface area contributed by atoms with Crippen LogP contribution in [-0.2, 0) is 19.3 Å². The van der Waals surface area contributed by atoms with Crippen molar-refractivity contribution in [3.63, 3.8) is 0 Å². The molecule has 0 saturated heterocycles. The molecule has 2 N–H and O–H groups in total. The van der Waals surface area contributed by atoms with Crippen LogP contribution in [0.5, 0.6) is 23.0 Å². The zero-order chi connectivity index (χ0) is 26.7. The number of phenols is 2. The van der Waals surface area contributed by atoms with E-state index in [1.165, 1.54) is 11.1 Å². The predicted molar refractivity (Wildman–Crippen MR) is 150 cm³/mol. The van der Waals surface area contributed by atoms with E-state index < -0.39 is 0 Å². The number of phenolic OH excluding ortho intramolecular Hbond substituents is 2. The Balaban J connectivity index is 1.69. The van der Waals surface area contributed by atoms with Crippen molar-refractivity contribution in [1.82, 2.24) is 0 Å². The summed E-state index contributed by atoms with van der Waals surface area (Å²) in [6.45, 7) is 8.10. The molecule has 0 heterocycles. The fourth-order valence-corrected chi connectivity index (χ4v) is 4.99. The molecule has 0 amide bonds. The van der Waals surface area contributed by atoms with Crippen LogP contribution in [0, 0.1) is 27.7 Å². The molecule has 4 heteroatoms. The summed E-state index contributed by atoms with van der Waals surface area (Å²) in [4.78, 5) is 0. The molecule has 0 radical (unpaired) electrons. The minimum absolute atomic E-state index is 0.357. The van der Waals surface area contributed by atoms with Gasteiger partial charge < -0.3 is 19.7 Å². The van der Waals surface area contributed by atoms with E-state index >= 15 is 0 Å². The molecule has 0 aliphatic heterocycles. The molecular weight excluding hydrogens is 460 g/mol. The third kappa shape index (κ3) is 5.59. The van der Waals surface area contributed by atoms with Gasteiger partial charge in [0.15, 0.2) is 0 Å². The molecule has 4 aromatic carbocycles. The molecule has 37 heavy (non-hydrogen) atoms. The first-order valence-corrected chi connectivity index (χ1v) is 12.6. The fraction of sp³-hybridized carbons (Fsp3) is 0.273. The van der Waals surface area contributed by atoms with Crippen LogP contribution < -0.4 is 9.47 Å². The molecule has 0 spiro atoms. The SMILES string of the molecule is COc1ccc(Cc2c(C)c(Cc3cc(C)c(O)c(Cc4ccc(OC)cc4)c3C)cc(C)c2O)cc1. The van der Waals surface area contributed by atoms with Gasteiger partial charge in [-0.15, -0.1) is 0 Å². The van der Waals surface area contributed by atoms with Crippen molar-refractivity contribution in [2.75, 3.05) is 14.2 Å². The lowest BCUT2D eigenvalue weighted by Crippen LogP contribution is -2.04. The van der Waals surface area contributed by atoms with Crippen molar-refractivity contribution in [2.45, 2.75) is 47.0 Å². The Morgan fingerprint density at radius 3 is 1.22 bits per heavy atom. The Labute approximate surface area is 220 Å². The summed E-state index contributed by atoms with van der Waals surface area (Å²) in [6.07, 6.45) is 2.02. The van der Waals surface area contributed by atoms with Crippen LogP contribution >= 0.6 is 0 Å². The minimum atomic E-state index is 0.357. The van der Waals surface area contributed by atoms with Crippen molar-refractivity contribution in [3.8, 4) is 23.0 Å². The third-order valence-electron chi connectivity index (χ3n) is 7.43. The van der Waals surface area contributed by atoms with E-state index in [0.29, 0.717) is 24.3 Å². The summed E-state index contributed by atoms with van der Waals surface area (Å²) in [5.74, 6) is 2.35. The summed E-state index contributed by atoms with van der Waals surface area (Å²) < 4.78 is 10.6. The van der Waals surface area contributed by atoms with Gasteiger partial charge in [0.2, 0.25) is 0 Å². The summed E-state index contributed by atoms with van der Waals surface area (Å²) in [5.41, 5.74) is 10.4. The monoisotopic (exact) mass is 496 g/mol. The molecule has 4 aromatic rings. The fourth-order valence-electron chi connectivity index (χ4n) is 4.99. The maximum Gasteiger partial charge on any atom is 0.122 e. The van der Waals surface area contributed by atoms with Gasteiger partial charge in [-0.1, -0.05) is 36.4 Å². The maximum atomic E-state index is 10.9. The van der Waals surface area contributed by atoms with Gasteiger partial charge in [-0.2, -0.15) is 0 Å². The van der Waals surface area contributed by atoms with Gasteiger partial charge in [0.05, 0.1) is 14.2 Å². The number of methoxy groups -OCH3 is 2. The van der Waals surface area contributed by atoms with Crippen LogP contribution in [0.3, 0.4) is 0 Å². The van der Waals surface area contributed by atoms with Gasteiger partial charge in [-0.05, 0) is 103 Å². The average Bonchev–Trinajstić information content (AvgIpc) is 2.91. The lowest BCUT2D eigenvalue weighted by atomic mass is 9.87. The van der Waals surface area contributed by atoms with Crippen LogP contribution in [-0.4, -0.2) is 24.4 Å². The van der Waals surface area contributed by atoms with Crippen molar-refractivity contribution < 1.29 is 19.7 Å². The first kappa shape index (κ1) is 26.2. The van der Waals surface area contributed by atoms with Gasteiger partial charge in [0.1, 0.15) is 23.0 Å². The lowest BCUT2D eigenvalue weighted by Gasteiger charge is -2.20. The highest BCUT2D eigenvalue weighted by molar-refractivity contribution is 5.55. The average molecular weight is 497 g/mol. The molecule has 0 fully saturated rings. The lowest BCUT2D eigenvalue weighted by molar-refractivity contribution is 0.414. The van der Waals surface area contributed by atoms with E-state index in [1.807, 2.05) is 62.4 Å². The van der Waals surface area contributed by atoms with Crippen LogP contribution in [0.2, 0.25) is 0 Å². The molecular formula is C33H36O4. The Bertz CT molecular complexity index is 1290. The zero-order valence-electron chi connectivity index (χ0n) is 22.6. The molecule has 0 aromatic heterocycles. The van der Waals surface area contributed by atoms with E-state index in [0.717, 1.165) is 62.4 Å². The van der Waals surface area contributed by atoms with E-state index in [-0.39, 0.29) is 0 Å². The van der Waals surface area contributed by atoms with Crippen LogP contribution in [0.15, 0.2) is 60.7 Å². The second-order valence-corrected chi connectivity index (χ2v) is 9.84. The maximum absolute atomic E-state index is 10.9. The summed E-state index contributed by atoms with van der Waals surface area (Å²) >= 11 is 0. The molecule has 0 bridgehead atoms. The second-order valence-electron chi connectivity index (χ2n) is 9.84. The number of hydrogen-bond acceptors (Lipinski definition) is 4. The highest BCUT2D eigenvalue weighted by Crippen LogP contribution is 2.35. The molecule has 0 unspecified atom stereocenters. The third-order valence-corrected chi connectivity index (χ3v) is 7.43. The Morgan fingerprint density at radius 1 is 0.541 bits per heavy atom. The van der Waals surface area contributed by atoms with Crippen LogP contribution in [0.1, 0.15) is 55.6 Å². The van der Waals surface area contributed by atoms with Crippen molar-refractivity contribution in [2.24, 2.45) is 0 Å². The van der Waals surface area contributed by atoms with E-state index in [9.17, 15) is 10.2 Å². The number of aromatic hydroxyl groups is 2. The Kier molecular flexibility index (Phi) is 7.77. The molecule has 0 aliphatic carbocycles. The standard InChI is InChI=1S/C33H36O4/c1-20-15-26(22(3)30(32(20)34)17-24-7-11-28(36-5)12-8-24)19-27-16-21(2)33(35)31(23(27)4)18-25-9-13-29(37-6)14-10-25/h7-16,34-35H,17-19H2,1-6H3. The summed E-state index contributed by atoms with van der Waals surface area (Å²) in [6, 6.07) is 20.1. The van der Waals surface area contributed by atoms with Gasteiger partial charge in [-0.25, -0.2) is 0 Å². The summed E-state index contributed by atoms with van der Waals surface area (Å²) in [5, 5.41) is 21.9. The Hall–Kier alpha value is -3.92. The first-order valence-electron chi connectivity index (χ1n) is 12.6. The van der Waals surface area contributed by atoms with E-state index in [1.54, 1.807) is 14.2 Å². The first-order chi connectivity index (χ1) is 17.7. The topological polar surface area (TPSA) is 58.9 Å². The Morgan fingerprint density at radius 2 is 0.892 bits per heavy atom.